The largest absolute Gasteiger partial charge is 0.497 e. The number of aromatic nitrogens is 4. The standard InChI is InChI=1S/C22H22FN5O2S2/c1-13(2)11-28-20(15-6-4-5-7-16(15)23)26-27-22(28)31-12-19(29)25-21-24-17-9-8-14(30-3)10-18(17)32-21/h4-10,13H,11-12H2,1-3H3,(H,24,25,29). The molecule has 0 aliphatic carbocycles. The number of anilines is 1. The van der Waals surface area contributed by atoms with Crippen molar-refractivity contribution >= 4 is 44.4 Å². The molecule has 0 saturated heterocycles. The minimum Gasteiger partial charge on any atom is -0.497 e. The molecule has 2 aromatic carbocycles. The molecule has 4 rings (SSSR count). The molecule has 10 heteroatoms. The third kappa shape index (κ3) is 4.91. The fourth-order valence-electron chi connectivity index (χ4n) is 3.14. The van der Waals surface area contributed by atoms with Gasteiger partial charge in [0.15, 0.2) is 16.1 Å². The number of ether oxygens (including phenoxy) is 1. The van der Waals surface area contributed by atoms with Gasteiger partial charge in [0.05, 0.1) is 28.6 Å². The summed E-state index contributed by atoms with van der Waals surface area (Å²) in [5.41, 5.74) is 1.19. The highest BCUT2D eigenvalue weighted by Gasteiger charge is 2.19. The number of nitrogens with zero attached hydrogens (tertiary/aromatic N) is 4. The molecule has 166 valence electrons. The maximum absolute atomic E-state index is 14.3. The Bertz CT molecular complexity index is 1250. The van der Waals surface area contributed by atoms with Gasteiger partial charge in [-0.1, -0.05) is 49.1 Å². The zero-order chi connectivity index (χ0) is 22.7. The second-order valence-electron chi connectivity index (χ2n) is 7.48. The van der Waals surface area contributed by atoms with Crippen LogP contribution in [0.15, 0.2) is 47.6 Å². The Morgan fingerprint density at radius 3 is 2.81 bits per heavy atom. The zero-order valence-electron chi connectivity index (χ0n) is 17.8. The van der Waals surface area contributed by atoms with Crippen LogP contribution >= 0.6 is 23.1 Å². The third-order valence-electron chi connectivity index (χ3n) is 4.55. The summed E-state index contributed by atoms with van der Waals surface area (Å²) in [7, 11) is 1.61. The van der Waals surface area contributed by atoms with Crippen LogP contribution in [0.25, 0.3) is 21.6 Å². The average Bonchev–Trinajstić information content (AvgIpc) is 3.34. The number of hydrogen-bond donors (Lipinski definition) is 1. The molecule has 0 atom stereocenters. The SMILES string of the molecule is COc1ccc2nc(NC(=O)CSc3nnc(-c4ccccc4F)n3CC(C)C)sc2c1. The Hall–Kier alpha value is -2.98. The summed E-state index contributed by atoms with van der Waals surface area (Å²) in [4.78, 5) is 17.0. The van der Waals surface area contributed by atoms with Crippen molar-refractivity contribution in [2.24, 2.45) is 5.92 Å². The lowest BCUT2D eigenvalue weighted by Gasteiger charge is -2.12. The molecule has 1 N–H and O–H groups in total. The van der Waals surface area contributed by atoms with Gasteiger partial charge in [-0.2, -0.15) is 0 Å². The van der Waals surface area contributed by atoms with Crippen molar-refractivity contribution in [3.8, 4) is 17.1 Å². The van der Waals surface area contributed by atoms with E-state index >= 15 is 0 Å². The molecule has 0 unspecified atom stereocenters. The summed E-state index contributed by atoms with van der Waals surface area (Å²) in [6, 6.07) is 12.1. The molecule has 0 spiro atoms. The van der Waals surface area contributed by atoms with E-state index in [9.17, 15) is 9.18 Å². The highest BCUT2D eigenvalue weighted by Crippen LogP contribution is 2.30. The fraction of sp³-hybridized carbons (Fsp3) is 0.273. The molecule has 0 aliphatic rings. The quantitative estimate of drug-likeness (QED) is 0.361. The Labute approximate surface area is 193 Å². The summed E-state index contributed by atoms with van der Waals surface area (Å²) >= 11 is 2.65. The second-order valence-corrected chi connectivity index (χ2v) is 9.45. The van der Waals surface area contributed by atoms with Gasteiger partial charge in [0.1, 0.15) is 11.6 Å². The summed E-state index contributed by atoms with van der Waals surface area (Å²) in [5.74, 6) is 1.07. The van der Waals surface area contributed by atoms with E-state index in [4.69, 9.17) is 4.74 Å². The first-order valence-corrected chi connectivity index (χ1v) is 11.8. The van der Waals surface area contributed by atoms with Gasteiger partial charge in [0.2, 0.25) is 5.91 Å². The van der Waals surface area contributed by atoms with Crippen molar-refractivity contribution in [1.82, 2.24) is 19.7 Å². The van der Waals surface area contributed by atoms with Crippen molar-refractivity contribution in [3.05, 3.63) is 48.3 Å². The summed E-state index contributed by atoms with van der Waals surface area (Å²) < 4.78 is 22.4. The molecule has 0 aliphatic heterocycles. The second kappa shape index (κ2) is 9.66. The van der Waals surface area contributed by atoms with Crippen molar-refractivity contribution < 1.29 is 13.9 Å². The van der Waals surface area contributed by atoms with E-state index < -0.39 is 0 Å². The summed E-state index contributed by atoms with van der Waals surface area (Å²) in [6.45, 7) is 4.74. The number of thiazole rings is 1. The fourth-order valence-corrected chi connectivity index (χ4v) is 4.80. The molecule has 0 fully saturated rings. The van der Waals surface area contributed by atoms with Crippen LogP contribution in [0, 0.1) is 11.7 Å². The number of hydrogen-bond acceptors (Lipinski definition) is 7. The van der Waals surface area contributed by atoms with Crippen LogP contribution in [0.2, 0.25) is 0 Å². The van der Waals surface area contributed by atoms with Gasteiger partial charge in [-0.3, -0.25) is 4.79 Å². The highest BCUT2D eigenvalue weighted by molar-refractivity contribution is 7.99. The van der Waals surface area contributed by atoms with Crippen LogP contribution in [-0.2, 0) is 11.3 Å². The number of carbonyl (C=O) groups is 1. The van der Waals surface area contributed by atoms with Crippen LogP contribution < -0.4 is 10.1 Å². The normalized spacial score (nSPS) is 11.3. The molecule has 2 heterocycles. The highest BCUT2D eigenvalue weighted by atomic mass is 32.2. The Morgan fingerprint density at radius 2 is 2.06 bits per heavy atom. The van der Waals surface area contributed by atoms with E-state index in [-0.39, 0.29) is 17.5 Å². The maximum atomic E-state index is 14.3. The van der Waals surface area contributed by atoms with Crippen LogP contribution in [0.5, 0.6) is 5.75 Å². The van der Waals surface area contributed by atoms with Crippen molar-refractivity contribution in [2.75, 3.05) is 18.2 Å². The van der Waals surface area contributed by atoms with E-state index in [0.29, 0.717) is 34.1 Å². The van der Waals surface area contributed by atoms with Gasteiger partial charge in [0.25, 0.3) is 0 Å². The average molecular weight is 472 g/mol. The first-order chi connectivity index (χ1) is 15.4. The predicted octanol–water partition coefficient (Wildman–Crippen LogP) is 5.09. The molecule has 4 aromatic rings. The van der Waals surface area contributed by atoms with Crippen LogP contribution in [0.3, 0.4) is 0 Å². The van der Waals surface area contributed by atoms with Gasteiger partial charge in [-0.05, 0) is 36.2 Å². The minimum absolute atomic E-state index is 0.132. The molecule has 0 radical (unpaired) electrons. The number of halogens is 1. The molecule has 32 heavy (non-hydrogen) atoms. The van der Waals surface area contributed by atoms with E-state index in [0.717, 1.165) is 16.0 Å². The molecular formula is C22H22FN5O2S2. The first-order valence-electron chi connectivity index (χ1n) is 10.00. The third-order valence-corrected chi connectivity index (χ3v) is 6.45. The summed E-state index contributed by atoms with van der Waals surface area (Å²) in [5, 5.41) is 12.4. The Kier molecular flexibility index (Phi) is 6.71. The predicted molar refractivity (Wildman–Crippen MR) is 126 cm³/mol. The smallest absolute Gasteiger partial charge is 0.236 e. The minimum atomic E-state index is -0.355. The lowest BCUT2D eigenvalue weighted by atomic mass is 10.2. The monoisotopic (exact) mass is 471 g/mol. The van der Waals surface area contributed by atoms with Gasteiger partial charge in [0, 0.05) is 6.54 Å². The van der Waals surface area contributed by atoms with Crippen LogP contribution in [0.4, 0.5) is 9.52 Å². The molecular weight excluding hydrogens is 449 g/mol. The molecule has 0 saturated carbocycles. The van der Waals surface area contributed by atoms with Crippen LogP contribution in [-0.4, -0.2) is 38.5 Å². The number of benzene rings is 2. The Morgan fingerprint density at radius 1 is 1.25 bits per heavy atom. The van der Waals surface area contributed by atoms with Gasteiger partial charge in [-0.25, -0.2) is 9.37 Å². The number of amides is 1. The number of rotatable bonds is 8. The maximum Gasteiger partial charge on any atom is 0.236 e. The number of methoxy groups -OCH3 is 1. The van der Waals surface area contributed by atoms with Crippen molar-refractivity contribution in [3.63, 3.8) is 0 Å². The lowest BCUT2D eigenvalue weighted by Crippen LogP contribution is -2.15. The van der Waals surface area contributed by atoms with Crippen molar-refractivity contribution in [2.45, 2.75) is 25.5 Å². The molecule has 2 aromatic heterocycles. The van der Waals surface area contributed by atoms with E-state index in [2.05, 4.69) is 34.3 Å². The van der Waals surface area contributed by atoms with Crippen LogP contribution in [0.1, 0.15) is 13.8 Å². The topological polar surface area (TPSA) is 81.9 Å². The lowest BCUT2D eigenvalue weighted by molar-refractivity contribution is -0.113. The number of carbonyl (C=O) groups excluding carboxylic acids is 1. The van der Waals surface area contributed by atoms with Gasteiger partial charge in [-0.15, -0.1) is 10.2 Å². The van der Waals surface area contributed by atoms with Crippen molar-refractivity contribution in [1.29, 1.82) is 0 Å². The van der Waals surface area contributed by atoms with E-state index in [1.54, 1.807) is 25.3 Å². The van der Waals surface area contributed by atoms with E-state index in [1.165, 1.54) is 29.2 Å². The number of nitrogens with one attached hydrogen (secondary N) is 1. The Balaban J connectivity index is 1.48. The zero-order valence-corrected chi connectivity index (χ0v) is 19.5. The van der Waals surface area contributed by atoms with E-state index in [1.807, 2.05) is 22.8 Å². The number of fused-ring (bicyclic) bond motifs is 1. The van der Waals surface area contributed by atoms with Gasteiger partial charge >= 0.3 is 0 Å². The molecule has 0 bridgehead atoms. The van der Waals surface area contributed by atoms with Gasteiger partial charge < -0.3 is 14.6 Å². The number of thioether (sulfide) groups is 1. The molecule has 7 nitrogen and oxygen atoms in total. The molecule has 1 amide bonds. The summed E-state index contributed by atoms with van der Waals surface area (Å²) in [6.07, 6.45) is 0. The first kappa shape index (κ1) is 22.2.